The highest BCUT2D eigenvalue weighted by molar-refractivity contribution is 7.87. The highest BCUT2D eigenvalue weighted by Crippen LogP contribution is 2.21. The summed E-state index contributed by atoms with van der Waals surface area (Å²) in [5.74, 6) is -1.11. The third-order valence-corrected chi connectivity index (χ3v) is 5.81. The SMILES string of the molecule is COCCN(Cc1cccc(OS(=O)(=O)c2ccc(F)cc2)c1)C(=O)Nc1ccccc1F. The van der Waals surface area contributed by atoms with Crippen LogP contribution in [0.1, 0.15) is 5.56 Å². The molecule has 0 saturated carbocycles. The quantitative estimate of drug-likeness (QED) is 0.463. The zero-order valence-electron chi connectivity index (χ0n) is 17.7. The molecule has 0 aliphatic rings. The molecule has 0 bridgehead atoms. The molecule has 0 atom stereocenters. The molecule has 0 aliphatic heterocycles. The summed E-state index contributed by atoms with van der Waals surface area (Å²) in [6.45, 7) is 0.521. The van der Waals surface area contributed by atoms with Crippen molar-refractivity contribution >= 4 is 21.8 Å². The summed E-state index contributed by atoms with van der Waals surface area (Å²) in [6.07, 6.45) is 0. The number of anilines is 1. The molecule has 7 nitrogen and oxygen atoms in total. The zero-order chi connectivity index (χ0) is 23.8. The first-order valence-electron chi connectivity index (χ1n) is 9.87. The van der Waals surface area contributed by atoms with Crippen LogP contribution >= 0.6 is 0 Å². The maximum atomic E-state index is 13.9. The van der Waals surface area contributed by atoms with E-state index in [1.807, 2.05) is 0 Å². The lowest BCUT2D eigenvalue weighted by atomic mass is 10.2. The Morgan fingerprint density at radius 3 is 2.42 bits per heavy atom. The molecule has 10 heteroatoms. The van der Waals surface area contributed by atoms with E-state index in [2.05, 4.69) is 5.32 Å². The van der Waals surface area contributed by atoms with Crippen LogP contribution in [0.5, 0.6) is 5.75 Å². The number of rotatable bonds is 9. The fourth-order valence-electron chi connectivity index (χ4n) is 2.90. The topological polar surface area (TPSA) is 84.9 Å². The van der Waals surface area contributed by atoms with Crippen LogP contribution < -0.4 is 9.50 Å². The Hall–Kier alpha value is -3.50. The number of hydrogen-bond acceptors (Lipinski definition) is 5. The van der Waals surface area contributed by atoms with Crippen molar-refractivity contribution in [1.29, 1.82) is 0 Å². The van der Waals surface area contributed by atoms with Gasteiger partial charge < -0.3 is 19.1 Å². The van der Waals surface area contributed by atoms with E-state index in [1.165, 1.54) is 42.3 Å². The largest absolute Gasteiger partial charge is 0.383 e. The van der Waals surface area contributed by atoms with Gasteiger partial charge in [-0.2, -0.15) is 8.42 Å². The summed E-state index contributed by atoms with van der Waals surface area (Å²) in [5, 5.41) is 2.52. The van der Waals surface area contributed by atoms with Crippen molar-refractivity contribution in [3.05, 3.63) is 90.0 Å². The van der Waals surface area contributed by atoms with E-state index in [9.17, 15) is 22.0 Å². The summed E-state index contributed by atoms with van der Waals surface area (Å²) in [5.41, 5.74) is 0.606. The van der Waals surface area contributed by atoms with Gasteiger partial charge >= 0.3 is 16.1 Å². The molecule has 0 heterocycles. The third-order valence-electron chi connectivity index (χ3n) is 4.55. The second-order valence-corrected chi connectivity index (χ2v) is 8.51. The molecule has 2 amide bonds. The van der Waals surface area contributed by atoms with Crippen molar-refractivity contribution in [2.45, 2.75) is 11.4 Å². The second kappa shape index (κ2) is 10.9. The summed E-state index contributed by atoms with van der Waals surface area (Å²) >= 11 is 0. The third kappa shape index (κ3) is 6.74. The van der Waals surface area contributed by atoms with E-state index >= 15 is 0 Å². The molecule has 0 spiro atoms. The number of nitrogens with zero attached hydrogens (tertiary/aromatic N) is 1. The van der Waals surface area contributed by atoms with Crippen LogP contribution in [-0.4, -0.2) is 39.6 Å². The van der Waals surface area contributed by atoms with Gasteiger partial charge in [0.15, 0.2) is 0 Å². The van der Waals surface area contributed by atoms with E-state index in [1.54, 1.807) is 18.2 Å². The number of methoxy groups -OCH3 is 1. The van der Waals surface area contributed by atoms with Crippen LogP contribution in [0, 0.1) is 11.6 Å². The number of ether oxygens (including phenoxy) is 1. The van der Waals surface area contributed by atoms with Gasteiger partial charge in [0.1, 0.15) is 22.3 Å². The van der Waals surface area contributed by atoms with Crippen molar-refractivity contribution in [3.63, 3.8) is 0 Å². The van der Waals surface area contributed by atoms with E-state index in [0.29, 0.717) is 5.56 Å². The Balaban J connectivity index is 1.75. The number of urea groups is 1. The molecule has 3 aromatic carbocycles. The Morgan fingerprint density at radius 1 is 1.00 bits per heavy atom. The van der Waals surface area contributed by atoms with Crippen molar-refractivity contribution in [3.8, 4) is 5.75 Å². The van der Waals surface area contributed by atoms with Gasteiger partial charge in [-0.05, 0) is 54.1 Å². The summed E-state index contributed by atoms with van der Waals surface area (Å²) in [6, 6.07) is 15.7. The number of amides is 2. The van der Waals surface area contributed by atoms with Gasteiger partial charge in [-0.25, -0.2) is 13.6 Å². The Labute approximate surface area is 190 Å². The molecule has 3 aromatic rings. The molecular formula is C23H22F2N2O5S. The van der Waals surface area contributed by atoms with Crippen LogP contribution in [0.25, 0.3) is 0 Å². The monoisotopic (exact) mass is 476 g/mol. The number of halogens is 2. The van der Waals surface area contributed by atoms with E-state index < -0.39 is 27.8 Å². The Morgan fingerprint density at radius 2 is 1.73 bits per heavy atom. The van der Waals surface area contributed by atoms with Crippen LogP contribution in [0.4, 0.5) is 19.3 Å². The lowest BCUT2D eigenvalue weighted by Crippen LogP contribution is -2.37. The molecule has 0 aliphatic carbocycles. The molecule has 1 N–H and O–H groups in total. The standard InChI is InChI=1S/C23H22F2N2O5S/c1-31-14-13-27(23(28)26-22-8-3-2-7-21(22)25)16-17-5-4-6-19(15-17)32-33(29,30)20-11-9-18(24)10-12-20/h2-12,15H,13-14,16H2,1H3,(H,26,28). The molecule has 0 saturated heterocycles. The number of para-hydroxylation sites is 1. The van der Waals surface area contributed by atoms with Gasteiger partial charge in [0.05, 0.1) is 12.3 Å². The lowest BCUT2D eigenvalue weighted by molar-refractivity contribution is 0.152. The minimum Gasteiger partial charge on any atom is -0.383 e. The normalized spacial score (nSPS) is 11.1. The van der Waals surface area contributed by atoms with Gasteiger partial charge in [-0.15, -0.1) is 0 Å². The van der Waals surface area contributed by atoms with Crippen molar-refractivity contribution in [2.75, 3.05) is 25.6 Å². The van der Waals surface area contributed by atoms with Crippen LogP contribution in [-0.2, 0) is 21.4 Å². The van der Waals surface area contributed by atoms with Gasteiger partial charge in [0.2, 0.25) is 0 Å². The van der Waals surface area contributed by atoms with E-state index in [4.69, 9.17) is 8.92 Å². The Kier molecular flexibility index (Phi) is 7.96. The van der Waals surface area contributed by atoms with Crippen LogP contribution in [0.15, 0.2) is 77.7 Å². The van der Waals surface area contributed by atoms with E-state index in [-0.39, 0.29) is 36.0 Å². The predicted molar refractivity (Wildman–Crippen MR) is 118 cm³/mol. The first-order chi connectivity index (χ1) is 15.8. The minimum absolute atomic E-state index is 0.0260. The summed E-state index contributed by atoms with van der Waals surface area (Å²) in [4.78, 5) is 13.9. The number of benzene rings is 3. The highest BCUT2D eigenvalue weighted by Gasteiger charge is 2.19. The van der Waals surface area contributed by atoms with Crippen molar-refractivity contribution in [1.82, 2.24) is 4.90 Å². The number of nitrogens with one attached hydrogen (secondary N) is 1. The van der Waals surface area contributed by atoms with Crippen molar-refractivity contribution < 1.29 is 30.9 Å². The van der Waals surface area contributed by atoms with Gasteiger partial charge in [0, 0.05) is 20.2 Å². The van der Waals surface area contributed by atoms with Crippen molar-refractivity contribution in [2.24, 2.45) is 0 Å². The smallest absolute Gasteiger partial charge is 0.339 e. The second-order valence-electron chi connectivity index (χ2n) is 6.96. The molecule has 0 fully saturated rings. The number of hydrogen-bond donors (Lipinski definition) is 1. The van der Waals surface area contributed by atoms with Gasteiger partial charge in [0.25, 0.3) is 0 Å². The van der Waals surface area contributed by atoms with E-state index in [0.717, 1.165) is 24.3 Å². The lowest BCUT2D eigenvalue weighted by Gasteiger charge is -2.23. The average Bonchev–Trinajstić information content (AvgIpc) is 2.78. The predicted octanol–water partition coefficient (Wildman–Crippen LogP) is 4.41. The molecule has 0 aromatic heterocycles. The van der Waals surface area contributed by atoms with Crippen LogP contribution in [0.2, 0.25) is 0 Å². The molecule has 33 heavy (non-hydrogen) atoms. The summed E-state index contributed by atoms with van der Waals surface area (Å²) in [7, 11) is -2.68. The molecule has 3 rings (SSSR count). The van der Waals surface area contributed by atoms with Gasteiger partial charge in [-0.1, -0.05) is 24.3 Å². The first kappa shape index (κ1) is 24.1. The zero-order valence-corrected chi connectivity index (χ0v) is 18.5. The molecule has 0 unspecified atom stereocenters. The first-order valence-corrected chi connectivity index (χ1v) is 11.3. The average molecular weight is 477 g/mol. The Bertz CT molecular complexity index is 1200. The molecule has 0 radical (unpaired) electrons. The minimum atomic E-state index is -4.17. The molecular weight excluding hydrogens is 454 g/mol. The number of carbonyl (C=O) groups is 1. The fraction of sp³-hybridized carbons (Fsp3) is 0.174. The maximum Gasteiger partial charge on any atom is 0.339 e. The maximum absolute atomic E-state index is 13.9. The number of carbonyl (C=O) groups excluding carboxylic acids is 1. The van der Waals surface area contributed by atoms with Crippen LogP contribution in [0.3, 0.4) is 0 Å². The van der Waals surface area contributed by atoms with Gasteiger partial charge in [-0.3, -0.25) is 0 Å². The highest BCUT2D eigenvalue weighted by atomic mass is 32.2. The fourth-order valence-corrected chi connectivity index (χ4v) is 3.83. The summed E-state index contributed by atoms with van der Waals surface area (Å²) < 4.78 is 62.1. The molecule has 174 valence electrons.